The molecule has 4 heteroatoms. The number of nitrogens with one attached hydrogen (secondary N) is 1. The van der Waals surface area contributed by atoms with Crippen LogP contribution in [0.4, 0.5) is 0 Å². The van der Waals surface area contributed by atoms with E-state index in [4.69, 9.17) is 5.73 Å². The molecule has 0 aromatic carbocycles. The number of unbranched alkanes of at least 4 members (excludes halogenated alkanes) is 3. The zero-order valence-electron chi connectivity index (χ0n) is 9.46. The van der Waals surface area contributed by atoms with Crippen LogP contribution in [-0.2, 0) is 6.54 Å². The predicted octanol–water partition coefficient (Wildman–Crippen LogP) is 2.06. The monoisotopic (exact) mass is 227 g/mol. The van der Waals surface area contributed by atoms with E-state index >= 15 is 0 Å². The molecule has 0 saturated carbocycles. The smallest absolute Gasteiger partial charge is 0.107 e. The van der Waals surface area contributed by atoms with Gasteiger partial charge in [-0.05, 0) is 32.9 Å². The summed E-state index contributed by atoms with van der Waals surface area (Å²) in [6.07, 6.45) is 4.94. The largest absolute Gasteiger partial charge is 0.330 e. The molecule has 1 aromatic heterocycles. The fourth-order valence-corrected chi connectivity index (χ4v) is 2.17. The molecular weight excluding hydrogens is 206 g/mol. The Bertz CT molecular complexity index is 260. The van der Waals surface area contributed by atoms with Crippen molar-refractivity contribution in [2.75, 3.05) is 13.1 Å². The van der Waals surface area contributed by atoms with E-state index in [0.29, 0.717) is 0 Å². The van der Waals surface area contributed by atoms with Crippen molar-refractivity contribution in [3.05, 3.63) is 16.1 Å². The van der Waals surface area contributed by atoms with Crippen LogP contribution >= 0.6 is 11.3 Å². The first kappa shape index (κ1) is 12.6. The molecule has 1 heterocycles. The van der Waals surface area contributed by atoms with E-state index in [1.165, 1.54) is 24.3 Å². The number of thiazole rings is 1. The number of rotatable bonds is 8. The van der Waals surface area contributed by atoms with Crippen LogP contribution in [0, 0.1) is 6.92 Å². The van der Waals surface area contributed by atoms with Gasteiger partial charge in [-0.3, -0.25) is 0 Å². The first-order valence-corrected chi connectivity index (χ1v) is 6.52. The lowest BCUT2D eigenvalue weighted by Gasteiger charge is -2.02. The Labute approximate surface area is 96.1 Å². The Hall–Kier alpha value is -0.450. The molecule has 3 N–H and O–H groups in total. The molecule has 0 spiro atoms. The van der Waals surface area contributed by atoms with Crippen LogP contribution in [0.25, 0.3) is 0 Å². The molecular formula is C11H21N3S. The van der Waals surface area contributed by atoms with Crippen molar-refractivity contribution < 1.29 is 0 Å². The number of nitrogens with zero attached hydrogens (tertiary/aromatic N) is 1. The number of nitrogens with two attached hydrogens (primary N) is 1. The third-order valence-electron chi connectivity index (χ3n) is 2.25. The van der Waals surface area contributed by atoms with Crippen molar-refractivity contribution in [3.8, 4) is 0 Å². The summed E-state index contributed by atoms with van der Waals surface area (Å²) in [4.78, 5) is 4.40. The summed E-state index contributed by atoms with van der Waals surface area (Å²) in [6.45, 7) is 4.86. The highest BCUT2D eigenvalue weighted by molar-refractivity contribution is 7.09. The zero-order valence-corrected chi connectivity index (χ0v) is 10.3. The summed E-state index contributed by atoms with van der Waals surface area (Å²) in [5.74, 6) is 0. The second-order valence-electron chi connectivity index (χ2n) is 3.76. The third kappa shape index (κ3) is 5.87. The maximum Gasteiger partial charge on any atom is 0.107 e. The Balaban J connectivity index is 1.93. The van der Waals surface area contributed by atoms with Gasteiger partial charge in [0.15, 0.2) is 0 Å². The summed E-state index contributed by atoms with van der Waals surface area (Å²) in [5, 5.41) is 6.69. The van der Waals surface area contributed by atoms with E-state index in [1.54, 1.807) is 11.3 Å². The molecule has 0 radical (unpaired) electrons. The minimum atomic E-state index is 0.825. The van der Waals surface area contributed by atoms with E-state index in [2.05, 4.69) is 15.7 Å². The van der Waals surface area contributed by atoms with E-state index in [9.17, 15) is 0 Å². The number of aryl methyl sites for hydroxylation is 1. The topological polar surface area (TPSA) is 50.9 Å². The highest BCUT2D eigenvalue weighted by atomic mass is 32.1. The highest BCUT2D eigenvalue weighted by Crippen LogP contribution is 2.07. The first-order chi connectivity index (χ1) is 7.33. The van der Waals surface area contributed by atoms with E-state index in [-0.39, 0.29) is 0 Å². The lowest BCUT2D eigenvalue weighted by Crippen LogP contribution is -2.14. The van der Waals surface area contributed by atoms with Gasteiger partial charge in [0.05, 0.1) is 0 Å². The Kier molecular flexibility index (Phi) is 6.55. The van der Waals surface area contributed by atoms with E-state index < -0.39 is 0 Å². The van der Waals surface area contributed by atoms with Gasteiger partial charge in [0.1, 0.15) is 5.01 Å². The van der Waals surface area contributed by atoms with Crippen LogP contribution in [-0.4, -0.2) is 18.1 Å². The van der Waals surface area contributed by atoms with Gasteiger partial charge in [0, 0.05) is 17.6 Å². The van der Waals surface area contributed by atoms with Crippen LogP contribution in [0.15, 0.2) is 5.38 Å². The molecule has 0 unspecified atom stereocenters. The van der Waals surface area contributed by atoms with Crippen LogP contribution in [0.1, 0.15) is 36.4 Å². The normalized spacial score (nSPS) is 10.8. The van der Waals surface area contributed by atoms with Crippen molar-refractivity contribution in [2.45, 2.75) is 39.2 Å². The Morgan fingerprint density at radius 3 is 2.80 bits per heavy atom. The van der Waals surface area contributed by atoms with Gasteiger partial charge in [-0.15, -0.1) is 11.3 Å². The van der Waals surface area contributed by atoms with Crippen LogP contribution in [0.3, 0.4) is 0 Å². The average molecular weight is 227 g/mol. The van der Waals surface area contributed by atoms with Gasteiger partial charge < -0.3 is 11.1 Å². The molecule has 3 nitrogen and oxygen atoms in total. The van der Waals surface area contributed by atoms with Gasteiger partial charge in [0.25, 0.3) is 0 Å². The van der Waals surface area contributed by atoms with Gasteiger partial charge >= 0.3 is 0 Å². The summed E-state index contributed by atoms with van der Waals surface area (Å²) in [5.41, 5.74) is 6.55. The van der Waals surface area contributed by atoms with Crippen molar-refractivity contribution in [1.29, 1.82) is 0 Å². The van der Waals surface area contributed by atoms with Crippen molar-refractivity contribution in [1.82, 2.24) is 10.3 Å². The molecule has 0 atom stereocenters. The second kappa shape index (κ2) is 7.79. The molecule has 1 aromatic rings. The van der Waals surface area contributed by atoms with Crippen LogP contribution in [0.2, 0.25) is 0 Å². The number of hydrogen-bond acceptors (Lipinski definition) is 4. The maximum atomic E-state index is 5.43. The average Bonchev–Trinajstić information content (AvgIpc) is 2.63. The SMILES string of the molecule is Cc1csc(CNCCCCCCN)n1. The molecule has 15 heavy (non-hydrogen) atoms. The molecule has 0 aliphatic rings. The molecule has 0 amide bonds. The molecule has 0 aliphatic heterocycles. The van der Waals surface area contributed by atoms with Gasteiger partial charge in [0.2, 0.25) is 0 Å². The minimum Gasteiger partial charge on any atom is -0.330 e. The van der Waals surface area contributed by atoms with Crippen molar-refractivity contribution in [3.63, 3.8) is 0 Å². The summed E-state index contributed by atoms with van der Waals surface area (Å²) in [6, 6.07) is 0. The van der Waals surface area contributed by atoms with Gasteiger partial charge in [-0.1, -0.05) is 12.8 Å². The number of hydrogen-bond donors (Lipinski definition) is 2. The van der Waals surface area contributed by atoms with Gasteiger partial charge in [-0.2, -0.15) is 0 Å². The van der Waals surface area contributed by atoms with Crippen molar-refractivity contribution in [2.24, 2.45) is 5.73 Å². The van der Waals surface area contributed by atoms with Crippen LogP contribution in [0.5, 0.6) is 0 Å². The lowest BCUT2D eigenvalue weighted by molar-refractivity contribution is 0.589. The summed E-state index contributed by atoms with van der Waals surface area (Å²) < 4.78 is 0. The summed E-state index contributed by atoms with van der Waals surface area (Å²) >= 11 is 1.73. The lowest BCUT2D eigenvalue weighted by atomic mass is 10.2. The van der Waals surface area contributed by atoms with E-state index in [0.717, 1.165) is 31.7 Å². The molecule has 0 saturated heterocycles. The minimum absolute atomic E-state index is 0.825. The fourth-order valence-electron chi connectivity index (χ4n) is 1.43. The molecule has 0 bridgehead atoms. The standard InChI is InChI=1S/C11H21N3S/c1-10-9-15-11(14-10)8-13-7-5-3-2-4-6-12/h9,13H,2-8,12H2,1H3. The predicted molar refractivity (Wildman–Crippen MR) is 66.1 cm³/mol. The third-order valence-corrected chi connectivity index (χ3v) is 3.22. The van der Waals surface area contributed by atoms with Crippen LogP contribution < -0.4 is 11.1 Å². The second-order valence-corrected chi connectivity index (χ2v) is 4.70. The maximum absolute atomic E-state index is 5.43. The zero-order chi connectivity index (χ0) is 10.9. The molecule has 86 valence electrons. The quantitative estimate of drug-likeness (QED) is 0.668. The number of aromatic nitrogens is 1. The molecule has 0 fully saturated rings. The Morgan fingerprint density at radius 1 is 1.33 bits per heavy atom. The first-order valence-electron chi connectivity index (χ1n) is 5.64. The van der Waals surface area contributed by atoms with Crippen molar-refractivity contribution >= 4 is 11.3 Å². The summed E-state index contributed by atoms with van der Waals surface area (Å²) in [7, 11) is 0. The molecule has 1 rings (SSSR count). The highest BCUT2D eigenvalue weighted by Gasteiger charge is 1.97. The molecule has 0 aliphatic carbocycles. The van der Waals surface area contributed by atoms with Gasteiger partial charge in [-0.25, -0.2) is 4.98 Å². The Morgan fingerprint density at radius 2 is 2.13 bits per heavy atom. The fraction of sp³-hybridized carbons (Fsp3) is 0.727. The van der Waals surface area contributed by atoms with E-state index in [1.807, 2.05) is 6.92 Å².